The van der Waals surface area contributed by atoms with Gasteiger partial charge in [-0.05, 0) is 42.9 Å². The molecule has 0 radical (unpaired) electrons. The average molecular weight is 320 g/mol. The highest BCUT2D eigenvalue weighted by Crippen LogP contribution is 2.38. The Balaban J connectivity index is 1.98. The zero-order valence-electron chi connectivity index (χ0n) is 14.0. The largest absolute Gasteiger partial charge is 0.493 e. The summed E-state index contributed by atoms with van der Waals surface area (Å²) in [6.45, 7) is 0.480. The van der Waals surface area contributed by atoms with Crippen molar-refractivity contribution in [1.29, 1.82) is 0 Å². The molecule has 1 atom stereocenters. The summed E-state index contributed by atoms with van der Waals surface area (Å²) in [6, 6.07) is 3.54. The fourth-order valence-corrected chi connectivity index (χ4v) is 2.67. The summed E-state index contributed by atoms with van der Waals surface area (Å²) in [4.78, 5) is 12.1. The van der Waals surface area contributed by atoms with E-state index in [0.29, 0.717) is 29.8 Å². The zero-order valence-corrected chi connectivity index (χ0v) is 14.0. The van der Waals surface area contributed by atoms with Crippen molar-refractivity contribution in [2.45, 2.75) is 25.7 Å². The van der Waals surface area contributed by atoms with Crippen molar-refractivity contribution in [2.75, 3.05) is 27.9 Å². The number of rotatable bonds is 7. The van der Waals surface area contributed by atoms with E-state index in [4.69, 9.17) is 18.9 Å². The first-order chi connectivity index (χ1) is 11.2. The van der Waals surface area contributed by atoms with Gasteiger partial charge in [0.1, 0.15) is 0 Å². The van der Waals surface area contributed by atoms with Crippen LogP contribution >= 0.6 is 0 Å². The van der Waals surface area contributed by atoms with Gasteiger partial charge in [-0.2, -0.15) is 0 Å². The fourth-order valence-electron chi connectivity index (χ4n) is 2.67. The molecule has 1 aliphatic rings. The third-order valence-electron chi connectivity index (χ3n) is 3.93. The number of benzene rings is 1. The predicted octanol–water partition coefficient (Wildman–Crippen LogP) is 3.15. The van der Waals surface area contributed by atoms with Crippen molar-refractivity contribution in [1.82, 2.24) is 0 Å². The SMILES string of the molecule is COc1cc(CC(=O)OCC2CC=CCC2)cc(OC)c1OC. The molecule has 5 nitrogen and oxygen atoms in total. The highest BCUT2D eigenvalue weighted by atomic mass is 16.5. The number of methoxy groups -OCH3 is 3. The summed E-state index contributed by atoms with van der Waals surface area (Å²) in [5, 5.41) is 0. The van der Waals surface area contributed by atoms with E-state index in [9.17, 15) is 4.79 Å². The van der Waals surface area contributed by atoms with E-state index < -0.39 is 0 Å². The van der Waals surface area contributed by atoms with Crippen LogP contribution in [0.15, 0.2) is 24.3 Å². The van der Waals surface area contributed by atoms with Crippen molar-refractivity contribution in [2.24, 2.45) is 5.92 Å². The van der Waals surface area contributed by atoms with Crippen LogP contribution in [-0.4, -0.2) is 33.9 Å². The zero-order chi connectivity index (χ0) is 16.7. The van der Waals surface area contributed by atoms with E-state index >= 15 is 0 Å². The van der Waals surface area contributed by atoms with Crippen molar-refractivity contribution >= 4 is 5.97 Å². The van der Waals surface area contributed by atoms with Crippen molar-refractivity contribution < 1.29 is 23.7 Å². The summed E-state index contributed by atoms with van der Waals surface area (Å²) < 4.78 is 21.3. The van der Waals surface area contributed by atoms with Crippen LogP contribution in [0.5, 0.6) is 17.2 Å². The van der Waals surface area contributed by atoms with Gasteiger partial charge in [-0.25, -0.2) is 0 Å². The molecule has 0 aromatic heterocycles. The standard InChI is InChI=1S/C18H24O5/c1-20-15-9-14(10-16(21-2)18(15)22-3)11-17(19)23-12-13-7-5-4-6-8-13/h4-5,9-10,13H,6-8,11-12H2,1-3H3. The first-order valence-electron chi connectivity index (χ1n) is 7.77. The summed E-state index contributed by atoms with van der Waals surface area (Å²) in [7, 11) is 4.65. The number of hydrogen-bond donors (Lipinski definition) is 0. The van der Waals surface area contributed by atoms with Crippen LogP contribution in [-0.2, 0) is 16.0 Å². The number of carbonyl (C=O) groups is 1. The normalized spacial score (nSPS) is 16.7. The van der Waals surface area contributed by atoms with Gasteiger partial charge in [-0.3, -0.25) is 4.79 Å². The molecule has 23 heavy (non-hydrogen) atoms. The van der Waals surface area contributed by atoms with E-state index in [1.165, 1.54) is 0 Å². The quantitative estimate of drug-likeness (QED) is 0.570. The van der Waals surface area contributed by atoms with Gasteiger partial charge in [0.2, 0.25) is 5.75 Å². The molecular formula is C18H24O5. The third kappa shape index (κ3) is 4.65. The fraction of sp³-hybridized carbons (Fsp3) is 0.500. The molecule has 0 saturated heterocycles. The lowest BCUT2D eigenvalue weighted by Crippen LogP contribution is -2.16. The Kier molecular flexibility index (Phi) is 6.32. The van der Waals surface area contributed by atoms with E-state index in [1.54, 1.807) is 33.5 Å². The van der Waals surface area contributed by atoms with Crippen LogP contribution in [0.2, 0.25) is 0 Å². The topological polar surface area (TPSA) is 54.0 Å². The molecule has 1 aliphatic carbocycles. The Morgan fingerprint density at radius 2 is 1.78 bits per heavy atom. The number of carbonyl (C=O) groups excluding carboxylic acids is 1. The smallest absolute Gasteiger partial charge is 0.310 e. The van der Waals surface area contributed by atoms with Gasteiger partial charge in [0.05, 0.1) is 34.4 Å². The van der Waals surface area contributed by atoms with Crippen LogP contribution < -0.4 is 14.2 Å². The second kappa shape index (κ2) is 8.46. The highest BCUT2D eigenvalue weighted by Gasteiger charge is 2.17. The van der Waals surface area contributed by atoms with Crippen LogP contribution in [0.3, 0.4) is 0 Å². The summed E-state index contributed by atoms with van der Waals surface area (Å²) in [6.07, 6.45) is 7.63. The maximum absolute atomic E-state index is 12.1. The molecule has 5 heteroatoms. The van der Waals surface area contributed by atoms with E-state index in [1.807, 2.05) is 0 Å². The van der Waals surface area contributed by atoms with E-state index in [0.717, 1.165) is 24.8 Å². The van der Waals surface area contributed by atoms with Gasteiger partial charge in [0.25, 0.3) is 0 Å². The Hall–Kier alpha value is -2.17. The second-order valence-electron chi connectivity index (χ2n) is 5.54. The number of ether oxygens (including phenoxy) is 4. The lowest BCUT2D eigenvalue weighted by atomic mass is 9.95. The van der Waals surface area contributed by atoms with Gasteiger partial charge in [-0.15, -0.1) is 0 Å². The minimum absolute atomic E-state index is 0.180. The van der Waals surface area contributed by atoms with Crippen LogP contribution in [0.4, 0.5) is 0 Å². The lowest BCUT2D eigenvalue weighted by Gasteiger charge is -2.18. The Morgan fingerprint density at radius 1 is 1.09 bits per heavy atom. The van der Waals surface area contributed by atoms with Crippen molar-refractivity contribution in [3.63, 3.8) is 0 Å². The first-order valence-corrected chi connectivity index (χ1v) is 7.77. The third-order valence-corrected chi connectivity index (χ3v) is 3.93. The van der Waals surface area contributed by atoms with Gasteiger partial charge < -0.3 is 18.9 Å². The molecule has 1 aromatic rings. The minimum atomic E-state index is -0.242. The maximum atomic E-state index is 12.1. The molecule has 1 aromatic carbocycles. The number of hydrogen-bond acceptors (Lipinski definition) is 5. The molecule has 1 unspecified atom stereocenters. The molecule has 126 valence electrons. The molecule has 0 N–H and O–H groups in total. The van der Waals surface area contributed by atoms with Gasteiger partial charge in [0.15, 0.2) is 11.5 Å². The molecular weight excluding hydrogens is 296 g/mol. The lowest BCUT2D eigenvalue weighted by molar-refractivity contribution is -0.144. The minimum Gasteiger partial charge on any atom is -0.493 e. The second-order valence-corrected chi connectivity index (χ2v) is 5.54. The number of esters is 1. The molecule has 0 aliphatic heterocycles. The van der Waals surface area contributed by atoms with Crippen LogP contribution in [0.25, 0.3) is 0 Å². The van der Waals surface area contributed by atoms with Crippen molar-refractivity contribution in [3.05, 3.63) is 29.8 Å². The average Bonchev–Trinajstić information content (AvgIpc) is 2.59. The number of allylic oxidation sites excluding steroid dienone is 2. The Labute approximate surface area is 137 Å². The molecule has 0 fully saturated rings. The van der Waals surface area contributed by atoms with Gasteiger partial charge >= 0.3 is 5.97 Å². The molecule has 0 bridgehead atoms. The molecule has 0 saturated carbocycles. The highest BCUT2D eigenvalue weighted by molar-refractivity contribution is 5.73. The summed E-state index contributed by atoms with van der Waals surface area (Å²) in [5.41, 5.74) is 0.771. The maximum Gasteiger partial charge on any atom is 0.310 e. The van der Waals surface area contributed by atoms with Gasteiger partial charge in [-0.1, -0.05) is 12.2 Å². The van der Waals surface area contributed by atoms with Crippen LogP contribution in [0, 0.1) is 5.92 Å². The molecule has 0 amide bonds. The first kappa shape index (κ1) is 17.2. The molecule has 0 heterocycles. The van der Waals surface area contributed by atoms with Crippen molar-refractivity contribution in [3.8, 4) is 17.2 Å². The molecule has 2 rings (SSSR count). The monoisotopic (exact) mass is 320 g/mol. The van der Waals surface area contributed by atoms with Gasteiger partial charge in [0, 0.05) is 0 Å². The van der Waals surface area contributed by atoms with E-state index in [2.05, 4.69) is 12.2 Å². The summed E-state index contributed by atoms with van der Waals surface area (Å²) in [5.74, 6) is 1.78. The van der Waals surface area contributed by atoms with Crippen LogP contribution in [0.1, 0.15) is 24.8 Å². The predicted molar refractivity (Wildman–Crippen MR) is 87.2 cm³/mol. The van der Waals surface area contributed by atoms with E-state index in [-0.39, 0.29) is 12.4 Å². The summed E-state index contributed by atoms with van der Waals surface area (Å²) >= 11 is 0. The molecule has 0 spiro atoms. The Morgan fingerprint density at radius 3 is 2.30 bits per heavy atom. The Bertz CT molecular complexity index is 540.